The molecular weight excluding hydrogens is 526 g/mol. The minimum absolute atomic E-state index is 0.0331. The molecule has 0 unspecified atom stereocenters. The maximum atomic E-state index is 13.4. The van der Waals surface area contributed by atoms with Crippen LogP contribution in [0.25, 0.3) is 33.5 Å². The van der Waals surface area contributed by atoms with Gasteiger partial charge in [-0.25, -0.2) is 4.98 Å². The van der Waals surface area contributed by atoms with Crippen molar-refractivity contribution in [1.82, 2.24) is 35.4 Å². The molecule has 42 heavy (non-hydrogen) atoms. The van der Waals surface area contributed by atoms with Crippen molar-refractivity contribution in [1.29, 1.82) is 0 Å². The molecule has 0 radical (unpaired) electrons. The number of piperidine rings is 1. The Morgan fingerprint density at radius 2 is 1.93 bits per heavy atom. The lowest BCUT2D eigenvalue weighted by Crippen LogP contribution is -2.39. The van der Waals surface area contributed by atoms with Crippen LogP contribution in [-0.2, 0) is 19.6 Å². The fraction of sp³-hybridized carbons (Fsp3) is 0.333. The van der Waals surface area contributed by atoms with Crippen molar-refractivity contribution < 1.29 is 9.90 Å². The monoisotopic (exact) mass is 563 g/mol. The van der Waals surface area contributed by atoms with Gasteiger partial charge in [0.15, 0.2) is 5.82 Å². The van der Waals surface area contributed by atoms with E-state index in [1.165, 1.54) is 16.7 Å². The molecule has 6 rings (SSSR count). The number of imidazole rings is 1. The second-order valence-corrected chi connectivity index (χ2v) is 11.1. The van der Waals surface area contributed by atoms with Crippen LogP contribution in [0.2, 0.25) is 0 Å². The predicted octanol–water partition coefficient (Wildman–Crippen LogP) is 5.02. The normalized spacial score (nSPS) is 14.1. The summed E-state index contributed by atoms with van der Waals surface area (Å²) >= 11 is 0. The molecule has 4 N–H and O–H groups in total. The van der Waals surface area contributed by atoms with Gasteiger partial charge in [-0.15, -0.1) is 0 Å². The predicted molar refractivity (Wildman–Crippen MR) is 164 cm³/mol. The highest BCUT2D eigenvalue weighted by Gasteiger charge is 2.26. The molecule has 0 spiro atoms. The smallest absolute Gasteiger partial charge is 0.271 e. The Labute approximate surface area is 245 Å². The van der Waals surface area contributed by atoms with Crippen molar-refractivity contribution in [3.05, 3.63) is 89.0 Å². The van der Waals surface area contributed by atoms with E-state index < -0.39 is 0 Å². The van der Waals surface area contributed by atoms with E-state index in [0.717, 1.165) is 59.9 Å². The highest BCUT2D eigenvalue weighted by atomic mass is 16.3. The number of aromatic nitrogens is 5. The third-order valence-electron chi connectivity index (χ3n) is 8.39. The minimum Gasteiger partial charge on any atom is -0.392 e. The second kappa shape index (κ2) is 12.3. The van der Waals surface area contributed by atoms with Crippen LogP contribution in [0.1, 0.15) is 52.5 Å². The Hall–Kier alpha value is -4.34. The molecule has 0 saturated carbocycles. The van der Waals surface area contributed by atoms with Crippen LogP contribution >= 0.6 is 0 Å². The van der Waals surface area contributed by atoms with Crippen molar-refractivity contribution >= 4 is 16.8 Å². The number of hydrogen-bond donors (Lipinski definition) is 4. The number of aliphatic hydroxyl groups is 1. The number of aromatic amines is 2. The quantitative estimate of drug-likeness (QED) is 0.200. The van der Waals surface area contributed by atoms with Gasteiger partial charge < -0.3 is 20.3 Å². The Balaban J connectivity index is 1.16. The molecule has 1 amide bonds. The summed E-state index contributed by atoms with van der Waals surface area (Å²) in [5.41, 5.74) is 8.76. The van der Waals surface area contributed by atoms with E-state index in [0.29, 0.717) is 36.2 Å². The van der Waals surface area contributed by atoms with Gasteiger partial charge in [0.2, 0.25) is 0 Å². The molecule has 0 bridgehead atoms. The number of rotatable bonds is 9. The van der Waals surface area contributed by atoms with Gasteiger partial charge in [-0.3, -0.25) is 14.9 Å². The summed E-state index contributed by atoms with van der Waals surface area (Å²) in [5.74, 6) is 1.05. The number of likely N-dealkylation sites (tertiary alicyclic amines) is 1. The summed E-state index contributed by atoms with van der Waals surface area (Å²) in [4.78, 5) is 27.6. The summed E-state index contributed by atoms with van der Waals surface area (Å²) in [7, 11) is 0. The molecule has 3 aromatic heterocycles. The fourth-order valence-corrected chi connectivity index (χ4v) is 5.91. The van der Waals surface area contributed by atoms with Crippen molar-refractivity contribution in [3.8, 4) is 22.6 Å². The highest BCUT2D eigenvalue weighted by Crippen LogP contribution is 2.32. The molecule has 1 saturated heterocycles. The minimum atomic E-state index is -0.0331. The average Bonchev–Trinajstić information content (AvgIpc) is 3.68. The van der Waals surface area contributed by atoms with Gasteiger partial charge in [0.25, 0.3) is 5.91 Å². The van der Waals surface area contributed by atoms with E-state index in [-0.39, 0.29) is 12.5 Å². The summed E-state index contributed by atoms with van der Waals surface area (Å²) in [6.07, 6.45) is 8.31. The van der Waals surface area contributed by atoms with Crippen LogP contribution in [0.15, 0.2) is 61.1 Å². The molecular formula is C33H37N7O2. The molecule has 1 aliphatic rings. The van der Waals surface area contributed by atoms with Crippen LogP contribution in [0.4, 0.5) is 0 Å². The van der Waals surface area contributed by atoms with E-state index in [9.17, 15) is 9.90 Å². The lowest BCUT2D eigenvalue weighted by molar-refractivity contribution is 0.0685. The van der Waals surface area contributed by atoms with Crippen molar-refractivity contribution in [3.63, 3.8) is 0 Å². The zero-order valence-corrected chi connectivity index (χ0v) is 24.2. The molecule has 9 nitrogen and oxygen atoms in total. The number of H-pyrrole nitrogens is 2. The molecule has 1 fully saturated rings. The number of aliphatic hydroxyl groups excluding tert-OH is 1. The van der Waals surface area contributed by atoms with Gasteiger partial charge >= 0.3 is 0 Å². The standard InChI is InChI=1S/C33H37N7O2/c1-3-34-16-26-17-35-18-28(21(26)2)25-7-8-29-27(15-25)31(39-38-29)32-36-19-30(37-32)33(42)40-11-9-22(10-12-40)13-23-5-4-6-24(14-23)20-41/h4-8,14-15,17-19,22,34,41H,3,9-13,16,20H2,1-2H3,(H,36,37)(H,38,39). The summed E-state index contributed by atoms with van der Waals surface area (Å²) < 4.78 is 0. The first-order valence-corrected chi connectivity index (χ1v) is 14.7. The number of benzene rings is 2. The molecule has 4 heterocycles. The SMILES string of the molecule is CCNCc1cncc(-c2ccc3[nH]nc(-c4ncc(C(=O)N5CCC(Cc6cccc(CO)c6)CC5)[nH]4)c3c2)c1C. The van der Waals surface area contributed by atoms with Gasteiger partial charge in [0, 0.05) is 43.0 Å². The number of fused-ring (bicyclic) bond motifs is 1. The third kappa shape index (κ3) is 5.70. The Bertz CT molecular complexity index is 1700. The number of nitrogens with zero attached hydrogens (tertiary/aromatic N) is 4. The first kappa shape index (κ1) is 27.8. The largest absolute Gasteiger partial charge is 0.392 e. The van der Waals surface area contributed by atoms with E-state index in [1.807, 2.05) is 35.5 Å². The van der Waals surface area contributed by atoms with Gasteiger partial charge in [0.1, 0.15) is 11.4 Å². The molecule has 5 aromatic rings. The first-order valence-electron chi connectivity index (χ1n) is 14.7. The third-order valence-corrected chi connectivity index (χ3v) is 8.39. The number of pyridine rings is 1. The topological polar surface area (TPSA) is 123 Å². The van der Waals surface area contributed by atoms with Crippen molar-refractivity contribution in [2.24, 2.45) is 5.92 Å². The van der Waals surface area contributed by atoms with E-state index in [2.05, 4.69) is 68.6 Å². The number of carbonyl (C=O) groups excluding carboxylic acids is 1. The molecule has 9 heteroatoms. The Morgan fingerprint density at radius 3 is 2.74 bits per heavy atom. The molecule has 2 aromatic carbocycles. The number of nitrogens with one attached hydrogen (secondary N) is 3. The van der Waals surface area contributed by atoms with Gasteiger partial charge in [0.05, 0.1) is 18.3 Å². The first-order chi connectivity index (χ1) is 20.5. The van der Waals surface area contributed by atoms with E-state index in [1.54, 1.807) is 6.20 Å². The fourth-order valence-electron chi connectivity index (χ4n) is 5.91. The van der Waals surface area contributed by atoms with Crippen LogP contribution in [-0.4, -0.2) is 60.7 Å². The molecule has 216 valence electrons. The van der Waals surface area contributed by atoms with Crippen molar-refractivity contribution in [2.45, 2.75) is 46.3 Å². The summed E-state index contributed by atoms with van der Waals surface area (Å²) in [6.45, 7) is 7.40. The summed E-state index contributed by atoms with van der Waals surface area (Å²) in [6, 6.07) is 14.3. The Kier molecular flexibility index (Phi) is 8.12. The van der Waals surface area contributed by atoms with E-state index >= 15 is 0 Å². The van der Waals surface area contributed by atoms with Gasteiger partial charge in [-0.1, -0.05) is 37.3 Å². The van der Waals surface area contributed by atoms with E-state index in [4.69, 9.17) is 0 Å². The zero-order chi connectivity index (χ0) is 29.1. The average molecular weight is 564 g/mol. The van der Waals surface area contributed by atoms with Crippen LogP contribution in [0.5, 0.6) is 0 Å². The second-order valence-electron chi connectivity index (χ2n) is 11.1. The molecule has 0 atom stereocenters. The Morgan fingerprint density at radius 1 is 1.10 bits per heavy atom. The maximum Gasteiger partial charge on any atom is 0.271 e. The molecule has 0 aliphatic carbocycles. The summed E-state index contributed by atoms with van der Waals surface area (Å²) in [5, 5.41) is 21.4. The van der Waals surface area contributed by atoms with Gasteiger partial charge in [-0.05, 0) is 78.6 Å². The zero-order valence-electron chi connectivity index (χ0n) is 24.2. The number of amides is 1. The van der Waals surface area contributed by atoms with Crippen LogP contribution in [0, 0.1) is 12.8 Å². The lowest BCUT2D eigenvalue weighted by Gasteiger charge is -2.31. The van der Waals surface area contributed by atoms with Gasteiger partial charge in [-0.2, -0.15) is 5.10 Å². The number of hydrogen-bond acceptors (Lipinski definition) is 6. The van der Waals surface area contributed by atoms with Crippen LogP contribution < -0.4 is 5.32 Å². The molecule has 1 aliphatic heterocycles. The van der Waals surface area contributed by atoms with Crippen LogP contribution in [0.3, 0.4) is 0 Å². The highest BCUT2D eigenvalue weighted by molar-refractivity contribution is 5.96. The van der Waals surface area contributed by atoms with Crippen molar-refractivity contribution in [2.75, 3.05) is 19.6 Å². The number of carbonyl (C=O) groups is 1. The maximum absolute atomic E-state index is 13.4. The lowest BCUT2D eigenvalue weighted by atomic mass is 9.89.